The number of hydrogen-bond acceptors (Lipinski definition) is 4. The average Bonchev–Trinajstić information content (AvgIpc) is 2.85. The molecule has 0 amide bonds. The lowest BCUT2D eigenvalue weighted by Gasteiger charge is -2.29. The molecule has 0 radical (unpaired) electrons. The molecule has 0 aliphatic rings. The molecule has 1 N–H and O–H groups in total. The molecule has 1 rings (SSSR count). The Balaban J connectivity index is 2.63. The summed E-state index contributed by atoms with van der Waals surface area (Å²) in [4.78, 5) is 2.45. The van der Waals surface area contributed by atoms with Gasteiger partial charge in [-0.1, -0.05) is 13.8 Å². The van der Waals surface area contributed by atoms with Crippen LogP contribution in [0.3, 0.4) is 0 Å². The van der Waals surface area contributed by atoms with Gasteiger partial charge in [0.15, 0.2) is 0 Å². The van der Waals surface area contributed by atoms with Crippen molar-refractivity contribution < 1.29 is 9.15 Å². The van der Waals surface area contributed by atoms with Gasteiger partial charge in [-0.25, -0.2) is 0 Å². The van der Waals surface area contributed by atoms with Crippen LogP contribution < -0.4 is 5.32 Å². The van der Waals surface area contributed by atoms with Gasteiger partial charge in [0.05, 0.1) is 19.4 Å². The van der Waals surface area contributed by atoms with Gasteiger partial charge in [-0.2, -0.15) is 0 Å². The first kappa shape index (κ1) is 16.2. The molecule has 1 heterocycles. The minimum absolute atomic E-state index is 0.591. The molecule has 0 spiro atoms. The largest absolute Gasteiger partial charge is 0.468 e. The Bertz CT molecular complexity index is 335. The van der Waals surface area contributed by atoms with Gasteiger partial charge >= 0.3 is 0 Å². The average molecular weight is 268 g/mol. The molecule has 0 saturated heterocycles. The van der Waals surface area contributed by atoms with Gasteiger partial charge in [0.25, 0.3) is 0 Å². The van der Waals surface area contributed by atoms with Crippen LogP contribution in [-0.4, -0.2) is 38.3 Å². The highest BCUT2D eigenvalue weighted by molar-refractivity contribution is 5.12. The summed E-state index contributed by atoms with van der Waals surface area (Å²) >= 11 is 0. The normalized spacial score (nSPS) is 11.7. The molecule has 1 aromatic rings. The molecule has 0 aliphatic carbocycles. The highest BCUT2D eigenvalue weighted by Gasteiger charge is 2.16. The second-order valence-electron chi connectivity index (χ2n) is 4.89. The van der Waals surface area contributed by atoms with Crippen LogP contribution >= 0.6 is 0 Å². The summed E-state index contributed by atoms with van der Waals surface area (Å²) in [6, 6.07) is 2.73. The van der Waals surface area contributed by atoms with Crippen LogP contribution in [0.15, 0.2) is 16.7 Å². The van der Waals surface area contributed by atoms with Crippen molar-refractivity contribution in [3.63, 3.8) is 0 Å². The van der Waals surface area contributed by atoms with Crippen molar-refractivity contribution in [1.82, 2.24) is 10.2 Å². The molecule has 4 nitrogen and oxygen atoms in total. The summed E-state index contributed by atoms with van der Waals surface area (Å²) in [6.07, 6.45) is 4.15. The maximum Gasteiger partial charge on any atom is 0.118 e. The fourth-order valence-corrected chi connectivity index (χ4v) is 2.41. The first-order valence-corrected chi connectivity index (χ1v) is 7.18. The van der Waals surface area contributed by atoms with Crippen LogP contribution in [0.5, 0.6) is 0 Å². The van der Waals surface area contributed by atoms with Crippen molar-refractivity contribution in [2.75, 3.05) is 27.3 Å². The molecule has 0 atom stereocenters. The second-order valence-corrected chi connectivity index (χ2v) is 4.89. The van der Waals surface area contributed by atoms with E-state index in [1.165, 1.54) is 5.56 Å². The Morgan fingerprint density at radius 3 is 2.68 bits per heavy atom. The van der Waals surface area contributed by atoms with E-state index in [1.54, 1.807) is 7.11 Å². The number of furan rings is 1. The van der Waals surface area contributed by atoms with E-state index in [1.807, 2.05) is 13.3 Å². The van der Waals surface area contributed by atoms with Crippen molar-refractivity contribution in [3.05, 3.63) is 23.7 Å². The minimum Gasteiger partial charge on any atom is -0.468 e. The van der Waals surface area contributed by atoms with E-state index in [0.717, 1.165) is 44.8 Å². The van der Waals surface area contributed by atoms with Gasteiger partial charge in [0, 0.05) is 31.8 Å². The molecule has 0 bridgehead atoms. The van der Waals surface area contributed by atoms with Crippen LogP contribution in [0.1, 0.15) is 38.0 Å². The molecular weight excluding hydrogens is 240 g/mol. The molecule has 0 unspecified atom stereocenters. The molecular formula is C15H28N2O2. The zero-order chi connectivity index (χ0) is 14.1. The predicted octanol–water partition coefficient (Wildman–Crippen LogP) is 2.64. The Morgan fingerprint density at radius 2 is 2.11 bits per heavy atom. The minimum atomic E-state index is 0.591. The number of ether oxygens (including phenoxy) is 1. The van der Waals surface area contributed by atoms with Gasteiger partial charge in [-0.15, -0.1) is 0 Å². The SMILES string of the molecule is CCC(CC)N(CCOC)Cc1cc(CNC)co1. The van der Waals surface area contributed by atoms with E-state index in [2.05, 4.69) is 30.1 Å². The van der Waals surface area contributed by atoms with Gasteiger partial charge in [0.2, 0.25) is 0 Å². The zero-order valence-corrected chi connectivity index (χ0v) is 12.7. The van der Waals surface area contributed by atoms with Crippen LogP contribution in [0.4, 0.5) is 0 Å². The summed E-state index contributed by atoms with van der Waals surface area (Å²) in [6.45, 7) is 7.91. The Morgan fingerprint density at radius 1 is 1.37 bits per heavy atom. The van der Waals surface area contributed by atoms with Gasteiger partial charge < -0.3 is 14.5 Å². The van der Waals surface area contributed by atoms with Gasteiger partial charge in [-0.3, -0.25) is 4.90 Å². The summed E-state index contributed by atoms with van der Waals surface area (Å²) < 4.78 is 10.9. The van der Waals surface area contributed by atoms with Crippen LogP contribution in [0.25, 0.3) is 0 Å². The van der Waals surface area contributed by atoms with Crippen molar-refractivity contribution in [2.24, 2.45) is 0 Å². The summed E-state index contributed by atoms with van der Waals surface area (Å²) in [5.74, 6) is 1.04. The number of rotatable bonds is 10. The van der Waals surface area contributed by atoms with Crippen molar-refractivity contribution in [2.45, 2.75) is 45.8 Å². The smallest absolute Gasteiger partial charge is 0.118 e. The number of nitrogens with zero attached hydrogens (tertiary/aromatic N) is 1. The second kappa shape index (κ2) is 9.13. The third-order valence-corrected chi connectivity index (χ3v) is 3.49. The molecule has 0 fully saturated rings. The lowest BCUT2D eigenvalue weighted by molar-refractivity contribution is 0.104. The maximum absolute atomic E-state index is 5.64. The van der Waals surface area contributed by atoms with E-state index in [-0.39, 0.29) is 0 Å². The third kappa shape index (κ3) is 5.35. The topological polar surface area (TPSA) is 37.6 Å². The predicted molar refractivity (Wildman–Crippen MR) is 78.1 cm³/mol. The number of hydrogen-bond donors (Lipinski definition) is 1. The summed E-state index contributed by atoms with van der Waals surface area (Å²) in [5, 5.41) is 3.14. The first-order valence-electron chi connectivity index (χ1n) is 7.18. The van der Waals surface area contributed by atoms with Crippen molar-refractivity contribution in [1.29, 1.82) is 0 Å². The first-order chi connectivity index (χ1) is 9.24. The van der Waals surface area contributed by atoms with Gasteiger partial charge in [-0.05, 0) is 26.0 Å². The van der Waals surface area contributed by atoms with Crippen LogP contribution in [0, 0.1) is 0 Å². The molecule has 4 heteroatoms. The lowest BCUT2D eigenvalue weighted by atomic mass is 10.1. The molecule has 19 heavy (non-hydrogen) atoms. The van der Waals surface area contributed by atoms with E-state index in [9.17, 15) is 0 Å². The quantitative estimate of drug-likeness (QED) is 0.708. The fourth-order valence-electron chi connectivity index (χ4n) is 2.41. The van der Waals surface area contributed by atoms with Crippen molar-refractivity contribution in [3.8, 4) is 0 Å². The molecule has 0 aliphatic heterocycles. The molecule has 110 valence electrons. The number of methoxy groups -OCH3 is 1. The molecule has 1 aromatic heterocycles. The monoisotopic (exact) mass is 268 g/mol. The van der Waals surface area contributed by atoms with Gasteiger partial charge in [0.1, 0.15) is 5.76 Å². The summed E-state index contributed by atoms with van der Waals surface area (Å²) in [5.41, 5.74) is 1.20. The summed E-state index contributed by atoms with van der Waals surface area (Å²) in [7, 11) is 3.70. The molecule has 0 saturated carbocycles. The highest BCUT2D eigenvalue weighted by Crippen LogP contribution is 2.15. The Hall–Kier alpha value is -0.840. The standard InChI is InChI=1S/C15H28N2O2/c1-5-14(6-2)17(7-8-18-4)11-15-9-13(10-16-3)12-19-15/h9,12,14,16H,5-8,10-11H2,1-4H3. The van der Waals surface area contributed by atoms with Crippen LogP contribution in [-0.2, 0) is 17.8 Å². The van der Waals surface area contributed by atoms with Crippen LogP contribution in [0.2, 0.25) is 0 Å². The lowest BCUT2D eigenvalue weighted by Crippen LogP contribution is -2.36. The van der Waals surface area contributed by atoms with E-state index in [0.29, 0.717) is 6.04 Å². The van der Waals surface area contributed by atoms with E-state index >= 15 is 0 Å². The van der Waals surface area contributed by atoms with E-state index < -0.39 is 0 Å². The Kier molecular flexibility index (Phi) is 7.79. The highest BCUT2D eigenvalue weighted by atomic mass is 16.5. The fraction of sp³-hybridized carbons (Fsp3) is 0.733. The maximum atomic E-state index is 5.64. The van der Waals surface area contributed by atoms with Crippen molar-refractivity contribution >= 4 is 0 Å². The number of nitrogens with one attached hydrogen (secondary N) is 1. The molecule has 0 aromatic carbocycles. The van der Waals surface area contributed by atoms with E-state index in [4.69, 9.17) is 9.15 Å². The Labute approximate surface area is 117 Å². The zero-order valence-electron chi connectivity index (χ0n) is 12.7. The third-order valence-electron chi connectivity index (χ3n) is 3.49.